The summed E-state index contributed by atoms with van der Waals surface area (Å²) >= 11 is 0. The summed E-state index contributed by atoms with van der Waals surface area (Å²) in [4.78, 5) is 47.4. The van der Waals surface area contributed by atoms with E-state index in [-0.39, 0.29) is 49.2 Å². The Hall–Kier alpha value is -2.32. The summed E-state index contributed by atoms with van der Waals surface area (Å²) in [6.45, 7) is 3.30. The highest BCUT2D eigenvalue weighted by atomic mass is 16.5. The second kappa shape index (κ2) is 8.17. The molecule has 4 aliphatic rings. The number of fused-ring (bicyclic) bond motifs is 5. The predicted molar refractivity (Wildman–Crippen MR) is 116 cm³/mol. The molecule has 4 rings (SSSR count). The molecule has 0 aliphatic heterocycles. The van der Waals surface area contributed by atoms with Crippen LogP contribution < -0.4 is 0 Å². The van der Waals surface area contributed by atoms with E-state index in [2.05, 4.69) is 6.92 Å². The first-order valence-corrected chi connectivity index (χ1v) is 11.7. The molecule has 0 unspecified atom stereocenters. The molecule has 0 aromatic carbocycles. The van der Waals surface area contributed by atoms with Crippen molar-refractivity contribution in [2.24, 2.45) is 28.6 Å². The average Bonchev–Trinajstić information content (AvgIpc) is 3.02. The minimum absolute atomic E-state index is 0.00645. The van der Waals surface area contributed by atoms with Crippen molar-refractivity contribution >= 4 is 23.5 Å². The average molecular weight is 461 g/mol. The zero-order chi connectivity index (χ0) is 24.2. The largest absolute Gasteiger partial charge is 0.481 e. The van der Waals surface area contributed by atoms with E-state index in [1.54, 1.807) is 12.2 Å². The van der Waals surface area contributed by atoms with Crippen LogP contribution in [0.15, 0.2) is 23.8 Å². The molecular formula is C25H32O8. The molecule has 8 nitrogen and oxygen atoms in total. The Labute approximate surface area is 192 Å². The second-order valence-corrected chi connectivity index (χ2v) is 10.6. The van der Waals surface area contributed by atoms with Crippen LogP contribution in [0.2, 0.25) is 0 Å². The van der Waals surface area contributed by atoms with Crippen molar-refractivity contribution in [3.05, 3.63) is 23.8 Å². The molecular weight excluding hydrogens is 428 g/mol. The number of carboxylic acid groups (broad SMARTS) is 1. The first-order chi connectivity index (χ1) is 15.4. The number of aliphatic carboxylic acids is 1. The van der Waals surface area contributed by atoms with Gasteiger partial charge in [0.25, 0.3) is 0 Å². The Kier molecular flexibility index (Phi) is 5.90. The highest BCUT2D eigenvalue weighted by Gasteiger charge is 2.68. The number of rotatable bonds is 6. The molecule has 3 fully saturated rings. The first-order valence-electron chi connectivity index (χ1n) is 11.7. The van der Waals surface area contributed by atoms with Crippen LogP contribution in [0.3, 0.4) is 0 Å². The summed E-state index contributed by atoms with van der Waals surface area (Å²) in [5, 5.41) is 31.6. The van der Waals surface area contributed by atoms with Gasteiger partial charge in [0.1, 0.15) is 5.60 Å². The van der Waals surface area contributed by atoms with Crippen LogP contribution in [-0.2, 0) is 23.9 Å². The van der Waals surface area contributed by atoms with Crippen LogP contribution in [0, 0.1) is 28.6 Å². The van der Waals surface area contributed by atoms with Crippen molar-refractivity contribution < 1.29 is 39.2 Å². The summed E-state index contributed by atoms with van der Waals surface area (Å²) in [5.41, 5.74) is -1.99. The number of carboxylic acids is 1. The fourth-order valence-corrected chi connectivity index (χ4v) is 7.34. The highest BCUT2D eigenvalue weighted by Crippen LogP contribution is 2.67. The van der Waals surface area contributed by atoms with Gasteiger partial charge in [0.2, 0.25) is 5.78 Å². The van der Waals surface area contributed by atoms with Crippen LogP contribution in [0.25, 0.3) is 0 Å². The quantitative estimate of drug-likeness (QED) is 0.512. The molecule has 33 heavy (non-hydrogen) atoms. The minimum Gasteiger partial charge on any atom is -0.481 e. The lowest BCUT2D eigenvalue weighted by Crippen LogP contribution is -2.61. The van der Waals surface area contributed by atoms with Gasteiger partial charge in [0, 0.05) is 16.7 Å². The third-order valence-corrected chi connectivity index (χ3v) is 9.02. The molecule has 0 aromatic heterocycles. The van der Waals surface area contributed by atoms with Gasteiger partial charge in [-0.2, -0.15) is 0 Å². The molecule has 3 N–H and O–H groups in total. The van der Waals surface area contributed by atoms with Crippen molar-refractivity contribution in [1.82, 2.24) is 0 Å². The van der Waals surface area contributed by atoms with E-state index in [0.717, 1.165) is 18.4 Å². The van der Waals surface area contributed by atoms with Crippen LogP contribution >= 0.6 is 0 Å². The topological polar surface area (TPSA) is 138 Å². The second-order valence-electron chi connectivity index (χ2n) is 10.6. The number of aliphatic hydroxyl groups excluding tert-OH is 1. The predicted octanol–water partition coefficient (Wildman–Crippen LogP) is 1.97. The van der Waals surface area contributed by atoms with Gasteiger partial charge >= 0.3 is 11.9 Å². The number of allylic oxidation sites excluding steroid dienone is 4. The minimum atomic E-state index is -1.73. The Morgan fingerprint density at radius 1 is 1.18 bits per heavy atom. The van der Waals surface area contributed by atoms with Gasteiger partial charge in [-0.1, -0.05) is 25.5 Å². The van der Waals surface area contributed by atoms with Gasteiger partial charge in [-0.05, 0) is 56.1 Å². The number of carbonyl (C=O) groups excluding carboxylic acids is 3. The Balaban J connectivity index is 1.53. The van der Waals surface area contributed by atoms with Gasteiger partial charge in [0.05, 0.1) is 18.9 Å². The molecule has 7 atom stereocenters. The van der Waals surface area contributed by atoms with E-state index in [9.17, 15) is 29.4 Å². The van der Waals surface area contributed by atoms with Gasteiger partial charge in [0.15, 0.2) is 12.4 Å². The molecule has 180 valence electrons. The van der Waals surface area contributed by atoms with Gasteiger partial charge in [-0.25, -0.2) is 0 Å². The molecule has 0 spiro atoms. The van der Waals surface area contributed by atoms with Crippen LogP contribution in [0.5, 0.6) is 0 Å². The number of carbonyl (C=O) groups is 4. The Bertz CT molecular complexity index is 950. The molecule has 0 saturated heterocycles. The summed E-state index contributed by atoms with van der Waals surface area (Å²) in [6.07, 6.45) is 6.27. The van der Waals surface area contributed by atoms with Crippen LogP contribution in [-0.4, -0.2) is 57.1 Å². The SMILES string of the molecule is C[C@]12C=CC(=O)C=C1CC[C@@H]1[C@@H]2[C@@H](O)C[C@]2(C)[C@H]1CC[C@]2(O)C(=O)COC(=O)CCC(=O)O. The number of ketones is 2. The van der Waals surface area contributed by atoms with E-state index in [1.165, 1.54) is 0 Å². The van der Waals surface area contributed by atoms with E-state index >= 15 is 0 Å². The van der Waals surface area contributed by atoms with Crippen molar-refractivity contribution in [2.45, 2.75) is 70.5 Å². The molecule has 0 radical (unpaired) electrons. The molecule has 0 bridgehead atoms. The number of hydrogen-bond acceptors (Lipinski definition) is 7. The summed E-state index contributed by atoms with van der Waals surface area (Å²) in [6, 6.07) is 0. The number of aliphatic hydroxyl groups is 2. The zero-order valence-electron chi connectivity index (χ0n) is 19.1. The van der Waals surface area contributed by atoms with E-state index in [1.807, 2.05) is 13.0 Å². The van der Waals surface area contributed by atoms with Gasteiger partial charge in [-0.15, -0.1) is 0 Å². The van der Waals surface area contributed by atoms with E-state index in [0.29, 0.717) is 6.42 Å². The highest BCUT2D eigenvalue weighted by molar-refractivity contribution is 6.01. The van der Waals surface area contributed by atoms with Crippen LogP contribution in [0.4, 0.5) is 0 Å². The third kappa shape index (κ3) is 3.67. The van der Waals surface area contributed by atoms with E-state index in [4.69, 9.17) is 9.84 Å². The standard InChI is InChI=1S/C25H32O8/c1-23-9-7-15(26)11-14(23)3-4-16-17-8-10-25(32,24(17,2)12-18(27)22(16)23)19(28)13-33-21(31)6-5-20(29)30/h7,9,11,16-18,22,27,32H,3-6,8,10,12-13H2,1-2H3,(H,29,30)/t16-,17-,18-,22+,23-,24+,25-/m0/s1. The van der Waals surface area contributed by atoms with E-state index < -0.39 is 46.9 Å². The normalized spacial score (nSPS) is 41.5. The Morgan fingerprint density at radius 3 is 2.61 bits per heavy atom. The lowest BCUT2D eigenvalue weighted by Gasteiger charge is -2.59. The maximum absolute atomic E-state index is 13.1. The first kappa shape index (κ1) is 23.8. The lowest BCUT2D eigenvalue weighted by atomic mass is 9.46. The van der Waals surface area contributed by atoms with Crippen molar-refractivity contribution in [3.63, 3.8) is 0 Å². The molecule has 8 heteroatoms. The fraction of sp³-hybridized carbons (Fsp3) is 0.680. The monoisotopic (exact) mass is 460 g/mol. The molecule has 3 saturated carbocycles. The summed E-state index contributed by atoms with van der Waals surface area (Å²) in [5.74, 6) is -2.58. The number of esters is 1. The maximum Gasteiger partial charge on any atom is 0.306 e. The van der Waals surface area contributed by atoms with Gasteiger partial charge < -0.3 is 20.1 Å². The van der Waals surface area contributed by atoms with Crippen molar-refractivity contribution in [3.8, 4) is 0 Å². The fourth-order valence-electron chi connectivity index (χ4n) is 7.34. The summed E-state index contributed by atoms with van der Waals surface area (Å²) in [7, 11) is 0. The summed E-state index contributed by atoms with van der Waals surface area (Å²) < 4.78 is 4.96. The maximum atomic E-state index is 13.1. The third-order valence-electron chi connectivity index (χ3n) is 9.02. The number of hydrogen-bond donors (Lipinski definition) is 3. The number of ether oxygens (including phenoxy) is 1. The number of Topliss-reactive ketones (excluding diaryl/α,β-unsaturated/α-hetero) is 1. The molecule has 0 aromatic rings. The van der Waals surface area contributed by atoms with Crippen molar-refractivity contribution in [1.29, 1.82) is 0 Å². The lowest BCUT2D eigenvalue weighted by molar-refractivity contribution is -0.181. The van der Waals surface area contributed by atoms with Gasteiger partial charge in [-0.3, -0.25) is 19.2 Å². The van der Waals surface area contributed by atoms with Crippen molar-refractivity contribution in [2.75, 3.05) is 6.61 Å². The zero-order valence-corrected chi connectivity index (χ0v) is 19.1. The molecule has 0 heterocycles. The smallest absolute Gasteiger partial charge is 0.306 e. The molecule has 4 aliphatic carbocycles. The van der Waals surface area contributed by atoms with Crippen LogP contribution in [0.1, 0.15) is 58.8 Å². The Morgan fingerprint density at radius 2 is 1.91 bits per heavy atom. The molecule has 0 amide bonds.